The molecule has 1 aromatic carbocycles. The third kappa shape index (κ3) is 2.17. The summed E-state index contributed by atoms with van der Waals surface area (Å²) in [6.07, 6.45) is 0. The van der Waals surface area contributed by atoms with Crippen molar-refractivity contribution in [1.82, 2.24) is 4.57 Å². The van der Waals surface area contributed by atoms with Gasteiger partial charge in [-0.2, -0.15) is 0 Å². The SMILES string of the molecule is Cn1c(=O)ccc2c(NC(=O)CCl)cccc21. The predicted molar refractivity (Wildman–Crippen MR) is 68.5 cm³/mol. The van der Waals surface area contributed by atoms with Crippen molar-refractivity contribution in [2.75, 3.05) is 11.2 Å². The highest BCUT2D eigenvalue weighted by atomic mass is 35.5. The van der Waals surface area contributed by atoms with Gasteiger partial charge in [0.05, 0.1) is 11.2 Å². The molecule has 4 nitrogen and oxygen atoms in total. The topological polar surface area (TPSA) is 51.1 Å². The van der Waals surface area contributed by atoms with E-state index in [1.54, 1.807) is 25.2 Å². The van der Waals surface area contributed by atoms with Crippen molar-refractivity contribution in [1.29, 1.82) is 0 Å². The zero-order valence-corrected chi connectivity index (χ0v) is 9.99. The Balaban J connectivity index is 2.62. The normalized spacial score (nSPS) is 10.5. The van der Waals surface area contributed by atoms with Crippen molar-refractivity contribution in [3.05, 3.63) is 40.7 Å². The average Bonchev–Trinajstić information content (AvgIpc) is 2.34. The van der Waals surface area contributed by atoms with Crippen LogP contribution in [0, 0.1) is 0 Å². The van der Waals surface area contributed by atoms with Crippen molar-refractivity contribution in [2.45, 2.75) is 0 Å². The summed E-state index contributed by atoms with van der Waals surface area (Å²) in [6.45, 7) is 0. The molecule has 1 aromatic heterocycles. The molecule has 0 saturated heterocycles. The van der Waals surface area contributed by atoms with Crippen molar-refractivity contribution < 1.29 is 4.79 Å². The van der Waals surface area contributed by atoms with E-state index in [-0.39, 0.29) is 17.3 Å². The van der Waals surface area contributed by atoms with E-state index in [0.717, 1.165) is 10.9 Å². The standard InChI is InChI=1S/C12H11ClN2O2/c1-15-10-4-2-3-9(14-11(16)7-13)8(10)5-6-12(15)17/h2-6H,7H2,1H3,(H,14,16). The Labute approximate surface area is 103 Å². The lowest BCUT2D eigenvalue weighted by molar-refractivity contribution is -0.113. The Bertz CT molecular complexity index is 634. The number of halogens is 1. The number of aryl methyl sites for hydroxylation is 1. The first-order valence-electron chi connectivity index (χ1n) is 5.08. The van der Waals surface area contributed by atoms with Crippen LogP contribution in [0.3, 0.4) is 0 Å². The first kappa shape index (κ1) is 11.7. The zero-order chi connectivity index (χ0) is 12.4. The highest BCUT2D eigenvalue weighted by Gasteiger charge is 2.06. The number of alkyl halides is 1. The molecule has 88 valence electrons. The fourth-order valence-corrected chi connectivity index (χ4v) is 1.77. The number of amides is 1. The Hall–Kier alpha value is -1.81. The van der Waals surface area contributed by atoms with Gasteiger partial charge in [-0.05, 0) is 18.2 Å². The van der Waals surface area contributed by atoms with Crippen molar-refractivity contribution >= 4 is 34.1 Å². The summed E-state index contributed by atoms with van der Waals surface area (Å²) >= 11 is 5.44. The first-order valence-corrected chi connectivity index (χ1v) is 5.61. The smallest absolute Gasteiger partial charge is 0.250 e. The largest absolute Gasteiger partial charge is 0.324 e. The summed E-state index contributed by atoms with van der Waals surface area (Å²) in [5, 5.41) is 3.51. The molecule has 0 spiro atoms. The highest BCUT2D eigenvalue weighted by Crippen LogP contribution is 2.21. The molecule has 0 aliphatic carbocycles. The van der Waals surface area contributed by atoms with Crippen LogP contribution in [0.25, 0.3) is 10.9 Å². The molecule has 0 radical (unpaired) electrons. The minimum absolute atomic E-state index is 0.0849. The molecule has 0 fully saturated rings. The second kappa shape index (κ2) is 4.59. The van der Waals surface area contributed by atoms with E-state index < -0.39 is 0 Å². The lowest BCUT2D eigenvalue weighted by Gasteiger charge is -2.09. The maximum absolute atomic E-state index is 11.5. The van der Waals surface area contributed by atoms with Gasteiger partial charge in [-0.3, -0.25) is 9.59 Å². The van der Waals surface area contributed by atoms with Crippen LogP contribution in [0.4, 0.5) is 5.69 Å². The number of fused-ring (bicyclic) bond motifs is 1. The quantitative estimate of drug-likeness (QED) is 0.825. The van der Waals surface area contributed by atoms with E-state index in [2.05, 4.69) is 5.32 Å². The van der Waals surface area contributed by atoms with E-state index >= 15 is 0 Å². The van der Waals surface area contributed by atoms with Crippen LogP contribution in [0.5, 0.6) is 0 Å². The fraction of sp³-hybridized carbons (Fsp3) is 0.167. The minimum Gasteiger partial charge on any atom is -0.324 e. The molecule has 1 N–H and O–H groups in total. The molecule has 0 aliphatic heterocycles. The lowest BCUT2D eigenvalue weighted by Crippen LogP contribution is -2.17. The summed E-state index contributed by atoms with van der Waals surface area (Å²) < 4.78 is 1.53. The average molecular weight is 251 g/mol. The summed E-state index contributed by atoms with van der Waals surface area (Å²) in [4.78, 5) is 22.7. The number of nitrogens with zero attached hydrogens (tertiary/aromatic N) is 1. The number of rotatable bonds is 2. The fourth-order valence-electron chi connectivity index (χ4n) is 1.70. The molecule has 1 heterocycles. The Kier molecular flexibility index (Phi) is 3.15. The van der Waals surface area contributed by atoms with E-state index in [1.807, 2.05) is 6.07 Å². The van der Waals surface area contributed by atoms with Crippen molar-refractivity contribution in [2.24, 2.45) is 7.05 Å². The summed E-state index contributed by atoms with van der Waals surface area (Å²) in [6, 6.07) is 8.55. The summed E-state index contributed by atoms with van der Waals surface area (Å²) in [7, 11) is 1.69. The maximum atomic E-state index is 11.5. The molecule has 17 heavy (non-hydrogen) atoms. The van der Waals surface area contributed by atoms with Crippen LogP contribution in [0.1, 0.15) is 0 Å². The Morgan fingerprint density at radius 1 is 1.35 bits per heavy atom. The number of carbonyl (C=O) groups excluding carboxylic acids is 1. The molecule has 2 rings (SSSR count). The monoisotopic (exact) mass is 250 g/mol. The van der Waals surface area contributed by atoms with Gasteiger partial charge in [0.2, 0.25) is 5.91 Å². The van der Waals surface area contributed by atoms with Gasteiger partial charge >= 0.3 is 0 Å². The molecule has 0 bridgehead atoms. The van der Waals surface area contributed by atoms with Crippen LogP contribution < -0.4 is 10.9 Å². The van der Waals surface area contributed by atoms with E-state index in [1.165, 1.54) is 10.6 Å². The summed E-state index contributed by atoms with van der Waals surface area (Å²) in [5.74, 6) is -0.365. The zero-order valence-electron chi connectivity index (χ0n) is 9.24. The van der Waals surface area contributed by atoms with Gasteiger partial charge in [0.15, 0.2) is 0 Å². The van der Waals surface area contributed by atoms with E-state index in [4.69, 9.17) is 11.6 Å². The molecule has 0 unspecified atom stereocenters. The number of nitrogens with one attached hydrogen (secondary N) is 1. The first-order chi connectivity index (χ1) is 8.13. The van der Waals surface area contributed by atoms with Gasteiger partial charge in [0.25, 0.3) is 5.56 Å². The van der Waals surface area contributed by atoms with Gasteiger partial charge in [-0.1, -0.05) is 6.07 Å². The van der Waals surface area contributed by atoms with Crippen molar-refractivity contribution in [3.8, 4) is 0 Å². The van der Waals surface area contributed by atoms with Gasteiger partial charge in [0, 0.05) is 18.5 Å². The van der Waals surface area contributed by atoms with E-state index in [0.29, 0.717) is 5.69 Å². The number of carbonyl (C=O) groups is 1. The van der Waals surface area contributed by atoms with Gasteiger partial charge in [-0.25, -0.2) is 0 Å². The van der Waals surface area contributed by atoms with Crippen LogP contribution in [0.2, 0.25) is 0 Å². The van der Waals surface area contributed by atoms with Crippen LogP contribution in [0.15, 0.2) is 35.1 Å². The number of aromatic nitrogens is 1. The van der Waals surface area contributed by atoms with Gasteiger partial charge in [-0.15, -0.1) is 11.6 Å². The maximum Gasteiger partial charge on any atom is 0.250 e. The van der Waals surface area contributed by atoms with Crippen LogP contribution >= 0.6 is 11.6 Å². The van der Waals surface area contributed by atoms with Gasteiger partial charge in [0.1, 0.15) is 5.88 Å². The predicted octanol–water partition coefficient (Wildman–Crippen LogP) is 1.72. The van der Waals surface area contributed by atoms with Crippen LogP contribution in [-0.4, -0.2) is 16.4 Å². The number of anilines is 1. The number of hydrogen-bond acceptors (Lipinski definition) is 2. The molecule has 0 atom stereocenters. The minimum atomic E-state index is -0.270. The second-order valence-electron chi connectivity index (χ2n) is 3.65. The van der Waals surface area contributed by atoms with Gasteiger partial charge < -0.3 is 9.88 Å². The molecule has 0 aliphatic rings. The number of benzene rings is 1. The molecule has 1 amide bonds. The van der Waals surface area contributed by atoms with E-state index in [9.17, 15) is 9.59 Å². The molecule has 5 heteroatoms. The Morgan fingerprint density at radius 2 is 2.12 bits per heavy atom. The third-order valence-electron chi connectivity index (χ3n) is 2.56. The molecular formula is C12H11ClN2O2. The number of hydrogen-bond donors (Lipinski definition) is 1. The molecule has 0 saturated carbocycles. The second-order valence-corrected chi connectivity index (χ2v) is 3.92. The highest BCUT2D eigenvalue weighted by molar-refractivity contribution is 6.29. The lowest BCUT2D eigenvalue weighted by atomic mass is 10.1. The van der Waals surface area contributed by atoms with Crippen LogP contribution in [-0.2, 0) is 11.8 Å². The molecule has 2 aromatic rings. The Morgan fingerprint density at radius 3 is 2.82 bits per heavy atom. The number of pyridine rings is 1. The summed E-state index contributed by atoms with van der Waals surface area (Å²) in [5.41, 5.74) is 1.34. The third-order valence-corrected chi connectivity index (χ3v) is 2.81. The van der Waals surface area contributed by atoms with Crippen molar-refractivity contribution in [3.63, 3.8) is 0 Å². The molecular weight excluding hydrogens is 240 g/mol.